The average molecular weight is 296 g/mol. The molecule has 3 aromatic rings. The van der Waals surface area contributed by atoms with Crippen molar-refractivity contribution in [2.24, 2.45) is 0 Å². The monoisotopic (exact) mass is 295 g/mol. The molecule has 0 aliphatic heterocycles. The Morgan fingerprint density at radius 2 is 2.24 bits per heavy atom. The van der Waals surface area contributed by atoms with Crippen LogP contribution in [0.1, 0.15) is 21.6 Å². The quantitative estimate of drug-likeness (QED) is 0.696. The van der Waals surface area contributed by atoms with Gasteiger partial charge in [-0.05, 0) is 18.2 Å². The first-order chi connectivity index (χ1) is 10.2. The molecule has 5 heteroatoms. The summed E-state index contributed by atoms with van der Waals surface area (Å²) in [5.41, 5.74) is 2.64. The number of halogens is 1. The van der Waals surface area contributed by atoms with Gasteiger partial charge >= 0.3 is 0 Å². The lowest BCUT2D eigenvalue weighted by Gasteiger charge is -2.06. The predicted molar refractivity (Wildman–Crippen MR) is 80.4 cm³/mol. The summed E-state index contributed by atoms with van der Waals surface area (Å²) in [6, 6.07) is 11.1. The van der Waals surface area contributed by atoms with Crippen molar-refractivity contribution < 1.29 is 4.79 Å². The molecule has 1 aromatic carbocycles. The van der Waals surface area contributed by atoms with E-state index in [2.05, 4.69) is 11.1 Å². The summed E-state index contributed by atoms with van der Waals surface area (Å²) in [6.45, 7) is 0.460. The number of hydrogen-bond donors (Lipinski definition) is 0. The van der Waals surface area contributed by atoms with Crippen LogP contribution in [-0.4, -0.2) is 15.8 Å². The van der Waals surface area contributed by atoms with Crippen molar-refractivity contribution in [1.82, 2.24) is 9.55 Å². The number of aldehydes is 1. The third kappa shape index (κ3) is 2.39. The number of hydrogen-bond acceptors (Lipinski definition) is 3. The lowest BCUT2D eigenvalue weighted by atomic mass is 10.2. The molecule has 0 bridgehead atoms. The normalized spacial score (nSPS) is 10.5. The summed E-state index contributed by atoms with van der Waals surface area (Å²) in [6.07, 6.45) is 4.17. The van der Waals surface area contributed by atoms with Gasteiger partial charge < -0.3 is 4.57 Å². The van der Waals surface area contributed by atoms with Crippen LogP contribution in [0.15, 0.2) is 42.7 Å². The van der Waals surface area contributed by atoms with E-state index in [4.69, 9.17) is 16.9 Å². The molecule has 0 atom stereocenters. The van der Waals surface area contributed by atoms with Gasteiger partial charge in [-0.3, -0.25) is 4.79 Å². The Morgan fingerprint density at radius 1 is 1.38 bits per heavy atom. The molecular formula is C16H10ClN3O. The number of carbonyl (C=O) groups is 1. The fourth-order valence-electron chi connectivity index (χ4n) is 2.37. The largest absolute Gasteiger partial charge is 0.342 e. The minimum absolute atomic E-state index is 0.383. The van der Waals surface area contributed by atoms with E-state index in [1.807, 2.05) is 22.8 Å². The molecule has 0 saturated heterocycles. The highest BCUT2D eigenvalue weighted by atomic mass is 35.5. The van der Waals surface area contributed by atoms with Gasteiger partial charge in [-0.25, -0.2) is 4.98 Å². The second kappa shape index (κ2) is 5.39. The minimum Gasteiger partial charge on any atom is -0.342 e. The van der Waals surface area contributed by atoms with E-state index in [9.17, 15) is 4.79 Å². The summed E-state index contributed by atoms with van der Waals surface area (Å²) in [5.74, 6) is 0. The topological polar surface area (TPSA) is 58.7 Å². The third-order valence-electron chi connectivity index (χ3n) is 3.34. The maximum Gasteiger partial charge on any atom is 0.152 e. The Morgan fingerprint density at radius 3 is 3.00 bits per heavy atom. The zero-order chi connectivity index (χ0) is 14.8. The minimum atomic E-state index is 0.383. The molecule has 3 rings (SSSR count). The smallest absolute Gasteiger partial charge is 0.152 e. The van der Waals surface area contributed by atoms with E-state index >= 15 is 0 Å². The molecule has 0 radical (unpaired) electrons. The number of nitriles is 1. The van der Waals surface area contributed by atoms with E-state index in [0.717, 1.165) is 22.8 Å². The van der Waals surface area contributed by atoms with Crippen LogP contribution < -0.4 is 0 Å². The highest BCUT2D eigenvalue weighted by molar-refractivity contribution is 6.31. The lowest BCUT2D eigenvalue weighted by Crippen LogP contribution is -2.01. The van der Waals surface area contributed by atoms with E-state index in [-0.39, 0.29) is 0 Å². The molecule has 4 nitrogen and oxygen atoms in total. The Labute approximate surface area is 126 Å². The maximum atomic E-state index is 11.2. The van der Waals surface area contributed by atoms with Crippen molar-refractivity contribution in [3.8, 4) is 6.07 Å². The van der Waals surface area contributed by atoms with Crippen molar-refractivity contribution >= 4 is 28.8 Å². The number of benzene rings is 1. The molecule has 21 heavy (non-hydrogen) atoms. The SMILES string of the molecule is N#Cc1ncccc1Cn1cc(C=O)c2ccc(Cl)cc21. The van der Waals surface area contributed by atoms with Crippen LogP contribution >= 0.6 is 11.6 Å². The van der Waals surface area contributed by atoms with Crippen LogP contribution in [0.4, 0.5) is 0 Å². The summed E-state index contributed by atoms with van der Waals surface area (Å²) >= 11 is 6.04. The number of rotatable bonds is 3. The highest BCUT2D eigenvalue weighted by Crippen LogP contribution is 2.25. The van der Waals surface area contributed by atoms with Gasteiger partial charge in [0, 0.05) is 33.9 Å². The molecule has 0 fully saturated rings. The van der Waals surface area contributed by atoms with Crippen LogP contribution in [0, 0.1) is 11.3 Å². The number of carbonyl (C=O) groups excluding carboxylic acids is 1. The molecule has 2 aromatic heterocycles. The van der Waals surface area contributed by atoms with Crippen LogP contribution in [-0.2, 0) is 6.54 Å². The summed E-state index contributed by atoms with van der Waals surface area (Å²) in [5, 5.41) is 10.6. The van der Waals surface area contributed by atoms with Gasteiger partial charge in [0.25, 0.3) is 0 Å². The predicted octanol–water partition coefficient (Wildman–Crippen LogP) is 3.42. The molecule has 0 aliphatic carbocycles. The van der Waals surface area contributed by atoms with Crippen LogP contribution in [0.2, 0.25) is 5.02 Å². The van der Waals surface area contributed by atoms with Gasteiger partial charge in [0.05, 0.1) is 12.1 Å². The summed E-state index contributed by atoms with van der Waals surface area (Å²) < 4.78 is 1.91. The molecule has 102 valence electrons. The van der Waals surface area contributed by atoms with Gasteiger partial charge in [-0.1, -0.05) is 23.7 Å². The first kappa shape index (κ1) is 13.3. The van der Waals surface area contributed by atoms with Crippen molar-refractivity contribution in [1.29, 1.82) is 5.26 Å². The Bertz CT molecular complexity index is 877. The van der Waals surface area contributed by atoms with Gasteiger partial charge in [0.15, 0.2) is 6.29 Å². The number of pyridine rings is 1. The van der Waals surface area contributed by atoms with Crippen LogP contribution in [0.25, 0.3) is 10.9 Å². The fraction of sp³-hybridized carbons (Fsp3) is 0.0625. The Kier molecular flexibility index (Phi) is 3.43. The van der Waals surface area contributed by atoms with Crippen molar-refractivity contribution in [2.75, 3.05) is 0 Å². The highest BCUT2D eigenvalue weighted by Gasteiger charge is 2.10. The number of nitrogens with zero attached hydrogens (tertiary/aromatic N) is 3. The fourth-order valence-corrected chi connectivity index (χ4v) is 2.53. The zero-order valence-electron chi connectivity index (χ0n) is 11.0. The molecule has 0 N–H and O–H groups in total. The van der Waals surface area contributed by atoms with Gasteiger partial charge in [-0.15, -0.1) is 0 Å². The molecule has 0 aliphatic rings. The standard InChI is InChI=1S/C16H10ClN3O/c17-13-3-4-14-12(10-21)9-20(16(14)6-13)8-11-2-1-5-19-15(11)7-18/h1-6,9-10H,8H2. The van der Waals surface area contributed by atoms with Gasteiger partial charge in [0.1, 0.15) is 11.8 Å². The molecule has 2 heterocycles. The molecule has 0 unspecified atom stereocenters. The van der Waals surface area contributed by atoms with Crippen molar-refractivity contribution in [2.45, 2.75) is 6.54 Å². The third-order valence-corrected chi connectivity index (χ3v) is 3.58. The molecular weight excluding hydrogens is 286 g/mol. The molecule has 0 spiro atoms. The lowest BCUT2D eigenvalue weighted by molar-refractivity contribution is 0.112. The van der Waals surface area contributed by atoms with Crippen LogP contribution in [0.3, 0.4) is 0 Å². The number of aromatic nitrogens is 2. The Balaban J connectivity index is 2.15. The zero-order valence-corrected chi connectivity index (χ0v) is 11.7. The van der Waals surface area contributed by atoms with Gasteiger partial charge in [-0.2, -0.15) is 5.26 Å². The van der Waals surface area contributed by atoms with Gasteiger partial charge in [0.2, 0.25) is 0 Å². The Hall–Kier alpha value is -2.64. The van der Waals surface area contributed by atoms with Crippen molar-refractivity contribution in [3.63, 3.8) is 0 Å². The van der Waals surface area contributed by atoms with Crippen LogP contribution in [0.5, 0.6) is 0 Å². The first-order valence-corrected chi connectivity index (χ1v) is 6.68. The second-order valence-electron chi connectivity index (χ2n) is 4.61. The number of fused-ring (bicyclic) bond motifs is 1. The molecule has 0 amide bonds. The van der Waals surface area contributed by atoms with E-state index in [1.54, 1.807) is 24.5 Å². The average Bonchev–Trinajstić information content (AvgIpc) is 2.85. The van der Waals surface area contributed by atoms with E-state index in [1.165, 1.54) is 0 Å². The van der Waals surface area contributed by atoms with Crippen molar-refractivity contribution in [3.05, 3.63) is 64.6 Å². The summed E-state index contributed by atoms with van der Waals surface area (Å²) in [7, 11) is 0. The second-order valence-corrected chi connectivity index (χ2v) is 5.05. The summed E-state index contributed by atoms with van der Waals surface area (Å²) in [4.78, 5) is 15.2. The van der Waals surface area contributed by atoms with E-state index in [0.29, 0.717) is 22.8 Å². The first-order valence-electron chi connectivity index (χ1n) is 6.30. The maximum absolute atomic E-state index is 11.2. The molecule has 0 saturated carbocycles. The van der Waals surface area contributed by atoms with E-state index < -0.39 is 0 Å².